The zero-order valence-electron chi connectivity index (χ0n) is 18.6. The zero-order valence-corrected chi connectivity index (χ0v) is 18.6. The highest BCUT2D eigenvalue weighted by Crippen LogP contribution is 2.35. The van der Waals surface area contributed by atoms with Gasteiger partial charge in [-0.05, 0) is 52.7 Å². The lowest BCUT2D eigenvalue weighted by Crippen LogP contribution is -2.62. The highest BCUT2D eigenvalue weighted by molar-refractivity contribution is 5.74. The lowest BCUT2D eigenvalue weighted by Gasteiger charge is -2.49. The van der Waals surface area contributed by atoms with Gasteiger partial charge in [0.2, 0.25) is 0 Å². The van der Waals surface area contributed by atoms with E-state index in [9.17, 15) is 9.50 Å². The Kier molecular flexibility index (Phi) is 5.21. The largest absolute Gasteiger partial charge is 0.507 e. The molecule has 0 saturated carbocycles. The highest BCUT2D eigenvalue weighted by Gasteiger charge is 2.39. The van der Waals surface area contributed by atoms with E-state index in [1.54, 1.807) is 18.6 Å². The summed E-state index contributed by atoms with van der Waals surface area (Å²) in [6.07, 6.45) is 8.31. The summed E-state index contributed by atoms with van der Waals surface area (Å²) in [5.41, 5.74) is 1.60. The fourth-order valence-corrected chi connectivity index (χ4v) is 4.76. The topological polar surface area (TPSA) is 90.0 Å². The van der Waals surface area contributed by atoms with Crippen molar-refractivity contribution < 1.29 is 9.50 Å². The zero-order chi connectivity index (χ0) is 22.4. The molecule has 0 bridgehead atoms. The summed E-state index contributed by atoms with van der Waals surface area (Å²) >= 11 is 0. The number of phenols is 1. The first-order chi connectivity index (χ1) is 14.5. The van der Waals surface area contributed by atoms with E-state index in [0.717, 1.165) is 18.7 Å². The quantitative estimate of drug-likeness (QED) is 0.584. The monoisotopic (exact) mass is 424 g/mol. The molecular weight excluding hydrogens is 395 g/mol. The number of phenolic OH excluding ortho intramolecular Hbond substituents is 1. The molecule has 0 aliphatic carbocycles. The van der Waals surface area contributed by atoms with E-state index in [4.69, 9.17) is 0 Å². The van der Waals surface area contributed by atoms with Crippen molar-refractivity contribution in [1.29, 1.82) is 0 Å². The Morgan fingerprint density at radius 1 is 1.03 bits per heavy atom. The van der Waals surface area contributed by atoms with Crippen LogP contribution in [-0.4, -0.2) is 49.4 Å². The fraction of sp³-hybridized carbons (Fsp3) is 0.435. The maximum absolute atomic E-state index is 14.7. The number of rotatable bonds is 4. The van der Waals surface area contributed by atoms with Gasteiger partial charge in [0.1, 0.15) is 17.4 Å². The van der Waals surface area contributed by atoms with E-state index in [-0.39, 0.29) is 22.4 Å². The van der Waals surface area contributed by atoms with Crippen molar-refractivity contribution >= 4 is 5.82 Å². The van der Waals surface area contributed by atoms with Gasteiger partial charge < -0.3 is 15.3 Å². The van der Waals surface area contributed by atoms with Crippen molar-refractivity contribution in [1.82, 2.24) is 25.5 Å². The number of hydrogen-bond donors (Lipinski definition) is 3. The first-order valence-electron chi connectivity index (χ1n) is 10.4. The average Bonchev–Trinajstić information content (AvgIpc) is 3.21. The van der Waals surface area contributed by atoms with Crippen LogP contribution in [0.15, 0.2) is 36.9 Å². The summed E-state index contributed by atoms with van der Waals surface area (Å²) in [6, 6.07) is 2.98. The molecule has 8 heteroatoms. The second-order valence-electron chi connectivity index (χ2n) is 9.66. The molecule has 1 fully saturated rings. The number of nitrogens with zero attached hydrogens (tertiary/aromatic N) is 4. The van der Waals surface area contributed by atoms with Crippen LogP contribution in [-0.2, 0) is 0 Å². The SMILES string of the molecule is CN(c1cnc(-c2cc(F)c(-c3cn[nH]c3)cc2O)cn1)C1CC(C)(C)NC(C)(C)C1. The number of aromatic hydroxyl groups is 1. The number of aromatic nitrogens is 4. The van der Waals surface area contributed by atoms with Gasteiger partial charge in [-0.25, -0.2) is 9.37 Å². The Balaban J connectivity index is 1.58. The number of piperidine rings is 1. The number of H-pyrrole nitrogens is 1. The minimum absolute atomic E-state index is 0.0219. The molecule has 31 heavy (non-hydrogen) atoms. The maximum Gasteiger partial charge on any atom is 0.147 e. The summed E-state index contributed by atoms with van der Waals surface area (Å²) < 4.78 is 14.7. The van der Waals surface area contributed by atoms with Crippen molar-refractivity contribution in [2.45, 2.75) is 57.7 Å². The van der Waals surface area contributed by atoms with E-state index < -0.39 is 5.82 Å². The number of halogens is 1. The lowest BCUT2D eigenvalue weighted by atomic mass is 9.79. The molecule has 0 atom stereocenters. The van der Waals surface area contributed by atoms with Crippen LogP contribution in [0.5, 0.6) is 5.75 Å². The summed E-state index contributed by atoms with van der Waals surface area (Å²) in [5.74, 6) is 0.225. The smallest absolute Gasteiger partial charge is 0.147 e. The van der Waals surface area contributed by atoms with Crippen molar-refractivity contribution in [3.63, 3.8) is 0 Å². The molecule has 3 N–H and O–H groups in total. The fourth-order valence-electron chi connectivity index (χ4n) is 4.76. The second-order valence-corrected chi connectivity index (χ2v) is 9.66. The third kappa shape index (κ3) is 4.39. The summed E-state index contributed by atoms with van der Waals surface area (Å²) in [7, 11) is 2.03. The van der Waals surface area contributed by atoms with E-state index in [2.05, 4.69) is 58.1 Å². The van der Waals surface area contributed by atoms with Gasteiger partial charge in [0.05, 0.1) is 24.3 Å². The molecule has 1 aliphatic rings. The summed E-state index contributed by atoms with van der Waals surface area (Å²) in [6.45, 7) is 8.87. The normalized spacial score (nSPS) is 18.1. The minimum Gasteiger partial charge on any atom is -0.507 e. The summed E-state index contributed by atoms with van der Waals surface area (Å²) in [4.78, 5) is 11.2. The Labute approximate surface area is 181 Å². The molecule has 3 aromatic rings. The Morgan fingerprint density at radius 2 is 1.74 bits per heavy atom. The molecular formula is C23H29FN6O. The molecule has 0 unspecified atom stereocenters. The predicted molar refractivity (Wildman–Crippen MR) is 119 cm³/mol. The van der Waals surface area contributed by atoms with Crippen molar-refractivity contribution in [2.75, 3.05) is 11.9 Å². The van der Waals surface area contributed by atoms with Crippen LogP contribution < -0.4 is 10.2 Å². The standard InChI is InChI=1S/C23H29FN6O/c1-22(2)8-15(9-23(3,4)29-22)30(5)21-13-25-19(12-26-21)17-6-18(24)16(7-20(17)31)14-10-27-28-11-14/h6-7,10-13,15,29,31H,8-9H2,1-5H3,(H,27,28). The third-order valence-corrected chi connectivity index (χ3v) is 5.89. The van der Waals surface area contributed by atoms with Crippen molar-refractivity contribution in [3.8, 4) is 28.1 Å². The van der Waals surface area contributed by atoms with E-state index in [1.807, 2.05) is 7.05 Å². The number of anilines is 1. The molecule has 0 spiro atoms. The first-order valence-corrected chi connectivity index (χ1v) is 10.4. The Hall–Kier alpha value is -3.00. The first kappa shape index (κ1) is 21.2. The van der Waals surface area contributed by atoms with E-state index in [1.165, 1.54) is 18.3 Å². The van der Waals surface area contributed by atoms with Crippen LogP contribution in [0, 0.1) is 5.82 Å². The maximum atomic E-state index is 14.7. The number of benzene rings is 1. The minimum atomic E-state index is -0.462. The van der Waals surface area contributed by atoms with Crippen molar-refractivity contribution in [2.24, 2.45) is 0 Å². The van der Waals surface area contributed by atoms with Gasteiger partial charge in [0.25, 0.3) is 0 Å². The van der Waals surface area contributed by atoms with Gasteiger partial charge in [0, 0.05) is 47.1 Å². The van der Waals surface area contributed by atoms with Gasteiger partial charge in [-0.3, -0.25) is 10.1 Å². The van der Waals surface area contributed by atoms with Crippen LogP contribution >= 0.6 is 0 Å². The van der Waals surface area contributed by atoms with Gasteiger partial charge >= 0.3 is 0 Å². The number of hydrogen-bond acceptors (Lipinski definition) is 6. The highest BCUT2D eigenvalue weighted by atomic mass is 19.1. The average molecular weight is 425 g/mol. The van der Waals surface area contributed by atoms with Crippen LogP contribution in [0.3, 0.4) is 0 Å². The molecule has 7 nitrogen and oxygen atoms in total. The second kappa shape index (κ2) is 7.60. The van der Waals surface area contributed by atoms with Crippen LogP contribution in [0.2, 0.25) is 0 Å². The van der Waals surface area contributed by atoms with Gasteiger partial charge in [-0.2, -0.15) is 5.10 Å². The molecule has 1 aliphatic heterocycles. The molecule has 2 aromatic heterocycles. The Morgan fingerprint density at radius 3 is 2.32 bits per heavy atom. The van der Waals surface area contributed by atoms with E-state index in [0.29, 0.717) is 22.9 Å². The van der Waals surface area contributed by atoms with Crippen LogP contribution in [0.25, 0.3) is 22.4 Å². The third-order valence-electron chi connectivity index (χ3n) is 5.89. The van der Waals surface area contributed by atoms with Gasteiger partial charge in [-0.15, -0.1) is 0 Å². The van der Waals surface area contributed by atoms with Gasteiger partial charge in [-0.1, -0.05) is 0 Å². The molecule has 164 valence electrons. The molecule has 0 amide bonds. The predicted octanol–water partition coefficient (Wildman–Crippen LogP) is 4.12. The summed E-state index contributed by atoms with van der Waals surface area (Å²) in [5, 5.41) is 20.7. The van der Waals surface area contributed by atoms with Gasteiger partial charge in [0.15, 0.2) is 0 Å². The molecule has 1 aromatic carbocycles. The van der Waals surface area contributed by atoms with Crippen LogP contribution in [0.1, 0.15) is 40.5 Å². The number of aromatic amines is 1. The molecule has 1 saturated heterocycles. The number of nitrogens with one attached hydrogen (secondary N) is 2. The Bertz CT molecular complexity index is 1050. The van der Waals surface area contributed by atoms with Crippen LogP contribution in [0.4, 0.5) is 10.2 Å². The molecule has 4 rings (SSSR count). The lowest BCUT2D eigenvalue weighted by molar-refractivity contribution is 0.160. The van der Waals surface area contributed by atoms with Crippen molar-refractivity contribution in [3.05, 3.63) is 42.7 Å². The van der Waals surface area contributed by atoms with E-state index >= 15 is 0 Å². The molecule has 0 radical (unpaired) electrons. The molecule has 3 heterocycles.